The summed E-state index contributed by atoms with van der Waals surface area (Å²) < 4.78 is 0. The lowest BCUT2D eigenvalue weighted by Gasteiger charge is -2.30. The highest BCUT2D eigenvalue weighted by molar-refractivity contribution is 5.79. The van der Waals surface area contributed by atoms with Crippen LogP contribution in [0.3, 0.4) is 0 Å². The monoisotopic (exact) mass is 291 g/mol. The van der Waals surface area contributed by atoms with Gasteiger partial charge in [-0.05, 0) is 12.8 Å². The van der Waals surface area contributed by atoms with Crippen molar-refractivity contribution in [3.8, 4) is 0 Å². The zero-order valence-corrected chi connectivity index (χ0v) is 13.1. The molecule has 0 aliphatic heterocycles. The van der Waals surface area contributed by atoms with E-state index in [0.717, 1.165) is 12.8 Å². The number of aromatic nitrogens is 2. The Morgan fingerprint density at radius 2 is 1.95 bits per heavy atom. The molecule has 1 aromatic heterocycles. The molecule has 6 heteroatoms. The van der Waals surface area contributed by atoms with Crippen LogP contribution in [0.25, 0.3) is 0 Å². The molecule has 0 aromatic carbocycles. The number of amides is 1. The molecule has 21 heavy (non-hydrogen) atoms. The number of carbonyl (C=O) groups excluding carboxylic acids is 1. The molecule has 0 saturated heterocycles. The molecule has 1 heterocycles. The average molecular weight is 291 g/mol. The third kappa shape index (κ3) is 3.83. The predicted molar refractivity (Wildman–Crippen MR) is 83.9 cm³/mol. The van der Waals surface area contributed by atoms with E-state index in [4.69, 9.17) is 11.5 Å². The molecule has 0 atom stereocenters. The standard InChI is InChI=1S/C15H25N5O/c1-15(2,3)14-18-11(16)8-13(19-14)20(9-12(17)21)10-6-4-5-7-10/h8,10H,4-7,9H2,1-3H3,(H2,17,21)(H2,16,18,19). The summed E-state index contributed by atoms with van der Waals surface area (Å²) in [6, 6.07) is 2.04. The minimum absolute atomic E-state index is 0.171. The molecular weight excluding hydrogens is 266 g/mol. The van der Waals surface area contributed by atoms with Crippen molar-refractivity contribution in [1.29, 1.82) is 0 Å². The highest BCUT2D eigenvalue weighted by atomic mass is 16.1. The number of anilines is 2. The first-order valence-electron chi connectivity index (χ1n) is 7.47. The van der Waals surface area contributed by atoms with Crippen molar-refractivity contribution in [1.82, 2.24) is 9.97 Å². The lowest BCUT2D eigenvalue weighted by atomic mass is 9.95. The topological polar surface area (TPSA) is 98.1 Å². The van der Waals surface area contributed by atoms with E-state index in [9.17, 15) is 4.79 Å². The number of hydrogen-bond donors (Lipinski definition) is 2. The van der Waals surface area contributed by atoms with E-state index >= 15 is 0 Å². The van der Waals surface area contributed by atoms with Gasteiger partial charge in [0.25, 0.3) is 0 Å². The molecule has 0 spiro atoms. The van der Waals surface area contributed by atoms with E-state index in [-0.39, 0.29) is 17.9 Å². The third-order valence-electron chi connectivity index (χ3n) is 3.79. The molecule has 1 amide bonds. The summed E-state index contributed by atoms with van der Waals surface area (Å²) in [5.41, 5.74) is 11.1. The van der Waals surface area contributed by atoms with E-state index < -0.39 is 0 Å². The fraction of sp³-hybridized carbons (Fsp3) is 0.667. The van der Waals surface area contributed by atoms with Crippen LogP contribution in [0.5, 0.6) is 0 Å². The van der Waals surface area contributed by atoms with Gasteiger partial charge in [-0.15, -0.1) is 0 Å². The van der Waals surface area contributed by atoms with Gasteiger partial charge in [-0.1, -0.05) is 33.6 Å². The molecule has 2 rings (SSSR count). The van der Waals surface area contributed by atoms with Gasteiger partial charge < -0.3 is 16.4 Å². The number of hydrogen-bond acceptors (Lipinski definition) is 5. The van der Waals surface area contributed by atoms with E-state index in [0.29, 0.717) is 23.5 Å². The van der Waals surface area contributed by atoms with Gasteiger partial charge in [0, 0.05) is 17.5 Å². The van der Waals surface area contributed by atoms with Gasteiger partial charge in [-0.3, -0.25) is 4.79 Å². The van der Waals surface area contributed by atoms with Gasteiger partial charge in [0.2, 0.25) is 5.91 Å². The lowest BCUT2D eigenvalue weighted by molar-refractivity contribution is -0.116. The highest BCUT2D eigenvalue weighted by Gasteiger charge is 2.27. The third-order valence-corrected chi connectivity index (χ3v) is 3.79. The molecule has 116 valence electrons. The molecule has 0 radical (unpaired) electrons. The summed E-state index contributed by atoms with van der Waals surface area (Å²) in [6.45, 7) is 6.29. The van der Waals surface area contributed by atoms with Crippen molar-refractivity contribution in [2.24, 2.45) is 5.73 Å². The van der Waals surface area contributed by atoms with Gasteiger partial charge in [0.1, 0.15) is 17.5 Å². The summed E-state index contributed by atoms with van der Waals surface area (Å²) in [6.07, 6.45) is 4.46. The second-order valence-electron chi connectivity index (χ2n) is 6.76. The van der Waals surface area contributed by atoms with Crippen molar-refractivity contribution in [3.63, 3.8) is 0 Å². The molecule has 1 aliphatic carbocycles. The van der Waals surface area contributed by atoms with Crippen molar-refractivity contribution < 1.29 is 4.79 Å². The minimum Gasteiger partial charge on any atom is -0.384 e. The molecule has 4 N–H and O–H groups in total. The zero-order valence-electron chi connectivity index (χ0n) is 13.1. The van der Waals surface area contributed by atoms with Crippen LogP contribution in [0.4, 0.5) is 11.6 Å². The second kappa shape index (κ2) is 5.87. The van der Waals surface area contributed by atoms with Gasteiger partial charge in [0.15, 0.2) is 0 Å². The quantitative estimate of drug-likeness (QED) is 0.877. The Hall–Kier alpha value is -1.85. The molecule has 6 nitrogen and oxygen atoms in total. The Bertz CT molecular complexity index is 517. The zero-order chi connectivity index (χ0) is 15.6. The molecular formula is C15H25N5O. The number of primary amides is 1. The fourth-order valence-electron chi connectivity index (χ4n) is 2.72. The average Bonchev–Trinajstić information content (AvgIpc) is 2.87. The second-order valence-corrected chi connectivity index (χ2v) is 6.76. The van der Waals surface area contributed by atoms with Crippen molar-refractivity contribution in [2.75, 3.05) is 17.2 Å². The number of carbonyl (C=O) groups is 1. The first-order chi connectivity index (χ1) is 9.77. The summed E-state index contributed by atoms with van der Waals surface area (Å²) in [7, 11) is 0. The molecule has 1 aromatic rings. The van der Waals surface area contributed by atoms with E-state index in [2.05, 4.69) is 9.97 Å². The summed E-state index contributed by atoms with van der Waals surface area (Å²) >= 11 is 0. The van der Waals surface area contributed by atoms with E-state index in [1.807, 2.05) is 25.7 Å². The van der Waals surface area contributed by atoms with Gasteiger partial charge in [-0.25, -0.2) is 9.97 Å². The SMILES string of the molecule is CC(C)(C)c1nc(N)cc(N(CC(N)=O)C2CCCC2)n1. The predicted octanol–water partition coefficient (Wildman–Crippen LogP) is 1.59. The van der Waals surface area contributed by atoms with Crippen LogP contribution in [0, 0.1) is 0 Å². The fourth-order valence-corrected chi connectivity index (χ4v) is 2.72. The smallest absolute Gasteiger partial charge is 0.237 e. The molecule has 0 bridgehead atoms. The number of nitrogens with two attached hydrogens (primary N) is 2. The number of nitrogen functional groups attached to an aromatic ring is 1. The maximum atomic E-state index is 11.4. The van der Waals surface area contributed by atoms with Crippen LogP contribution < -0.4 is 16.4 Å². The van der Waals surface area contributed by atoms with Gasteiger partial charge in [-0.2, -0.15) is 0 Å². The summed E-state index contributed by atoms with van der Waals surface area (Å²) in [5.74, 6) is 1.47. The number of nitrogens with zero attached hydrogens (tertiary/aromatic N) is 3. The molecule has 1 saturated carbocycles. The maximum Gasteiger partial charge on any atom is 0.237 e. The van der Waals surface area contributed by atoms with Crippen molar-refractivity contribution in [3.05, 3.63) is 11.9 Å². The Balaban J connectivity index is 2.38. The van der Waals surface area contributed by atoms with Crippen LogP contribution in [0.15, 0.2) is 6.07 Å². The minimum atomic E-state index is -0.351. The Labute approximate surface area is 125 Å². The first-order valence-corrected chi connectivity index (χ1v) is 7.47. The first kappa shape index (κ1) is 15.5. The molecule has 1 fully saturated rings. The lowest BCUT2D eigenvalue weighted by Crippen LogP contribution is -2.41. The van der Waals surface area contributed by atoms with Crippen molar-refractivity contribution >= 4 is 17.5 Å². The molecule has 1 aliphatic rings. The van der Waals surface area contributed by atoms with Crippen molar-refractivity contribution in [2.45, 2.75) is 57.9 Å². The Morgan fingerprint density at radius 1 is 1.33 bits per heavy atom. The maximum absolute atomic E-state index is 11.4. The van der Waals surface area contributed by atoms with E-state index in [1.54, 1.807) is 6.07 Å². The van der Waals surface area contributed by atoms with E-state index in [1.165, 1.54) is 12.8 Å². The molecule has 0 unspecified atom stereocenters. The van der Waals surface area contributed by atoms with Crippen LogP contribution in [-0.4, -0.2) is 28.5 Å². The summed E-state index contributed by atoms with van der Waals surface area (Å²) in [5, 5.41) is 0. The summed E-state index contributed by atoms with van der Waals surface area (Å²) in [4.78, 5) is 22.3. The van der Waals surface area contributed by atoms with Crippen LogP contribution in [0.1, 0.15) is 52.3 Å². The Kier molecular flexibility index (Phi) is 4.34. The van der Waals surface area contributed by atoms with Crippen LogP contribution >= 0.6 is 0 Å². The normalized spacial score (nSPS) is 16.1. The number of rotatable bonds is 4. The van der Waals surface area contributed by atoms with Crippen LogP contribution in [0.2, 0.25) is 0 Å². The van der Waals surface area contributed by atoms with Gasteiger partial charge >= 0.3 is 0 Å². The highest BCUT2D eigenvalue weighted by Crippen LogP contribution is 2.29. The Morgan fingerprint density at radius 3 is 2.48 bits per heavy atom. The van der Waals surface area contributed by atoms with Gasteiger partial charge in [0.05, 0.1) is 6.54 Å². The van der Waals surface area contributed by atoms with Crippen LogP contribution in [-0.2, 0) is 10.2 Å². The largest absolute Gasteiger partial charge is 0.384 e.